The van der Waals surface area contributed by atoms with E-state index in [9.17, 15) is 5.11 Å². The van der Waals surface area contributed by atoms with E-state index in [0.717, 1.165) is 18.7 Å². The minimum Gasteiger partial charge on any atom is -0.398 e. The first kappa shape index (κ1) is 11.7. The molecule has 1 aliphatic heterocycles. The van der Waals surface area contributed by atoms with Crippen molar-refractivity contribution in [3.8, 4) is 6.07 Å². The molecule has 0 bridgehead atoms. The Morgan fingerprint density at radius 3 is 2.88 bits per heavy atom. The van der Waals surface area contributed by atoms with E-state index >= 15 is 0 Å². The number of piperidine rings is 1. The fraction of sp³-hybridized carbons (Fsp3) is 0.462. The van der Waals surface area contributed by atoms with Gasteiger partial charge in [0.15, 0.2) is 0 Å². The molecule has 0 aliphatic carbocycles. The van der Waals surface area contributed by atoms with Crippen LogP contribution in [0.3, 0.4) is 0 Å². The first-order valence-corrected chi connectivity index (χ1v) is 5.84. The Labute approximate surface area is 101 Å². The molecule has 2 atom stereocenters. The van der Waals surface area contributed by atoms with Crippen molar-refractivity contribution >= 4 is 11.4 Å². The minimum absolute atomic E-state index is 0.291. The largest absolute Gasteiger partial charge is 0.398 e. The summed E-state index contributed by atoms with van der Waals surface area (Å²) in [7, 11) is 0. The maximum atomic E-state index is 9.85. The first-order valence-electron chi connectivity index (χ1n) is 5.84. The van der Waals surface area contributed by atoms with Crippen LogP contribution in [0.2, 0.25) is 0 Å². The Kier molecular flexibility index (Phi) is 3.21. The zero-order valence-electron chi connectivity index (χ0n) is 9.93. The number of nitriles is 1. The van der Waals surface area contributed by atoms with Gasteiger partial charge < -0.3 is 15.7 Å². The number of anilines is 2. The van der Waals surface area contributed by atoms with E-state index in [1.165, 1.54) is 0 Å². The first-order chi connectivity index (χ1) is 8.11. The van der Waals surface area contributed by atoms with Crippen molar-refractivity contribution in [3.05, 3.63) is 23.8 Å². The number of nitrogens with two attached hydrogens (primary N) is 1. The molecule has 1 fully saturated rings. The Balaban J connectivity index is 2.18. The molecule has 0 radical (unpaired) electrons. The number of benzene rings is 1. The number of aliphatic hydroxyl groups excluding tert-OH is 1. The predicted molar refractivity (Wildman–Crippen MR) is 67.6 cm³/mol. The molecule has 0 saturated carbocycles. The number of rotatable bonds is 1. The molecule has 0 aromatic heterocycles. The monoisotopic (exact) mass is 231 g/mol. The molecule has 1 heterocycles. The number of β-amino-alcohol motifs (C(OH)–C–C–N with tert-alkyl or cyclic N) is 1. The predicted octanol–water partition coefficient (Wildman–Crippen LogP) is 1.35. The van der Waals surface area contributed by atoms with Gasteiger partial charge in [0.05, 0.1) is 17.4 Å². The van der Waals surface area contributed by atoms with Gasteiger partial charge in [0.25, 0.3) is 0 Å². The van der Waals surface area contributed by atoms with Crippen molar-refractivity contribution in [2.75, 3.05) is 23.7 Å². The van der Waals surface area contributed by atoms with Crippen LogP contribution in [-0.4, -0.2) is 24.3 Å². The van der Waals surface area contributed by atoms with E-state index in [4.69, 9.17) is 11.0 Å². The molecule has 4 nitrogen and oxygen atoms in total. The topological polar surface area (TPSA) is 73.3 Å². The van der Waals surface area contributed by atoms with E-state index in [2.05, 4.69) is 11.8 Å². The van der Waals surface area contributed by atoms with Gasteiger partial charge in [-0.05, 0) is 30.5 Å². The molecular weight excluding hydrogens is 214 g/mol. The fourth-order valence-electron chi connectivity index (χ4n) is 2.13. The highest BCUT2D eigenvalue weighted by Crippen LogP contribution is 2.26. The number of hydrogen-bond acceptors (Lipinski definition) is 4. The van der Waals surface area contributed by atoms with Gasteiger partial charge in [-0.15, -0.1) is 0 Å². The van der Waals surface area contributed by atoms with Gasteiger partial charge in [-0.2, -0.15) is 5.26 Å². The summed E-state index contributed by atoms with van der Waals surface area (Å²) < 4.78 is 0. The quantitative estimate of drug-likeness (QED) is 0.715. The number of nitrogen functional groups attached to an aromatic ring is 1. The third-order valence-electron chi connectivity index (χ3n) is 3.44. The van der Waals surface area contributed by atoms with Gasteiger partial charge in [-0.25, -0.2) is 0 Å². The van der Waals surface area contributed by atoms with Crippen LogP contribution in [0.4, 0.5) is 11.4 Å². The zero-order valence-corrected chi connectivity index (χ0v) is 9.93. The molecule has 1 aromatic carbocycles. The second kappa shape index (κ2) is 4.64. The van der Waals surface area contributed by atoms with Gasteiger partial charge in [0.2, 0.25) is 0 Å². The molecule has 1 aromatic rings. The van der Waals surface area contributed by atoms with Crippen molar-refractivity contribution in [2.24, 2.45) is 5.92 Å². The smallest absolute Gasteiger partial charge is 0.101 e. The molecule has 3 N–H and O–H groups in total. The van der Waals surface area contributed by atoms with E-state index in [1.807, 2.05) is 12.1 Å². The summed E-state index contributed by atoms with van der Waals surface area (Å²) in [6.07, 6.45) is 0.682. The van der Waals surface area contributed by atoms with E-state index in [1.54, 1.807) is 12.1 Å². The van der Waals surface area contributed by atoms with Crippen molar-refractivity contribution in [2.45, 2.75) is 19.4 Å². The molecule has 4 heteroatoms. The standard InChI is InChI=1S/C13H17N3O/c1-9-4-5-16(8-13(9)17)11-3-2-10(7-14)12(15)6-11/h2-3,6,9,13,17H,4-5,8,15H2,1H3. The Morgan fingerprint density at radius 2 is 2.29 bits per heavy atom. The molecule has 1 aliphatic rings. The lowest BCUT2D eigenvalue weighted by Crippen LogP contribution is -2.42. The molecule has 2 unspecified atom stereocenters. The van der Waals surface area contributed by atoms with Crippen LogP contribution in [0.5, 0.6) is 0 Å². The van der Waals surface area contributed by atoms with Gasteiger partial charge in [0.1, 0.15) is 6.07 Å². The van der Waals surface area contributed by atoms with E-state index in [-0.39, 0.29) is 6.10 Å². The lowest BCUT2D eigenvalue weighted by molar-refractivity contribution is 0.103. The average Bonchev–Trinajstić information content (AvgIpc) is 2.32. The van der Waals surface area contributed by atoms with Gasteiger partial charge in [-0.3, -0.25) is 0 Å². The number of aliphatic hydroxyl groups is 1. The van der Waals surface area contributed by atoms with E-state index < -0.39 is 0 Å². The Hall–Kier alpha value is -1.73. The third-order valence-corrected chi connectivity index (χ3v) is 3.44. The van der Waals surface area contributed by atoms with Crippen molar-refractivity contribution in [1.82, 2.24) is 0 Å². The third kappa shape index (κ3) is 2.34. The summed E-state index contributed by atoms with van der Waals surface area (Å²) in [5.74, 6) is 0.349. The molecule has 1 saturated heterocycles. The average molecular weight is 231 g/mol. The lowest BCUT2D eigenvalue weighted by Gasteiger charge is -2.36. The summed E-state index contributed by atoms with van der Waals surface area (Å²) in [6, 6.07) is 7.47. The van der Waals surface area contributed by atoms with Gasteiger partial charge in [0, 0.05) is 18.8 Å². The highest BCUT2D eigenvalue weighted by atomic mass is 16.3. The lowest BCUT2D eigenvalue weighted by atomic mass is 9.95. The zero-order chi connectivity index (χ0) is 12.4. The van der Waals surface area contributed by atoms with Gasteiger partial charge in [-0.1, -0.05) is 6.92 Å². The molecular formula is C13H17N3O. The highest BCUT2D eigenvalue weighted by molar-refractivity contribution is 5.63. The van der Waals surface area contributed by atoms with Crippen LogP contribution >= 0.6 is 0 Å². The van der Waals surface area contributed by atoms with Crippen LogP contribution in [0.25, 0.3) is 0 Å². The van der Waals surface area contributed by atoms with Crippen LogP contribution in [0, 0.1) is 17.2 Å². The normalized spacial score (nSPS) is 24.4. The SMILES string of the molecule is CC1CCN(c2ccc(C#N)c(N)c2)CC1O. The van der Waals surface area contributed by atoms with Crippen molar-refractivity contribution in [3.63, 3.8) is 0 Å². The maximum Gasteiger partial charge on any atom is 0.101 e. The number of hydrogen-bond donors (Lipinski definition) is 2. The Bertz CT molecular complexity index is 452. The molecule has 0 spiro atoms. The second-order valence-corrected chi connectivity index (χ2v) is 4.66. The summed E-state index contributed by atoms with van der Waals surface area (Å²) in [5, 5.41) is 18.7. The van der Waals surface area contributed by atoms with Crippen molar-refractivity contribution < 1.29 is 5.11 Å². The molecule has 90 valence electrons. The maximum absolute atomic E-state index is 9.85. The van der Waals surface area contributed by atoms with Crippen molar-refractivity contribution in [1.29, 1.82) is 5.26 Å². The fourth-order valence-corrected chi connectivity index (χ4v) is 2.13. The Morgan fingerprint density at radius 1 is 1.53 bits per heavy atom. The van der Waals surface area contributed by atoms with E-state index in [0.29, 0.717) is 23.7 Å². The molecule has 0 amide bonds. The highest BCUT2D eigenvalue weighted by Gasteiger charge is 2.24. The van der Waals surface area contributed by atoms with Crippen LogP contribution < -0.4 is 10.6 Å². The summed E-state index contributed by atoms with van der Waals surface area (Å²) in [5.41, 5.74) is 7.77. The minimum atomic E-state index is -0.291. The summed E-state index contributed by atoms with van der Waals surface area (Å²) in [6.45, 7) is 3.62. The van der Waals surface area contributed by atoms with Crippen LogP contribution in [0.15, 0.2) is 18.2 Å². The second-order valence-electron chi connectivity index (χ2n) is 4.66. The number of nitrogens with zero attached hydrogens (tertiary/aromatic N) is 2. The summed E-state index contributed by atoms with van der Waals surface area (Å²) in [4.78, 5) is 2.11. The summed E-state index contributed by atoms with van der Waals surface area (Å²) >= 11 is 0. The molecule has 2 rings (SSSR count). The van der Waals surface area contributed by atoms with Gasteiger partial charge >= 0.3 is 0 Å². The van der Waals surface area contributed by atoms with Crippen LogP contribution in [-0.2, 0) is 0 Å². The van der Waals surface area contributed by atoms with Crippen LogP contribution in [0.1, 0.15) is 18.9 Å². The molecule has 17 heavy (non-hydrogen) atoms.